The highest BCUT2D eigenvalue weighted by atomic mass is 13.8. The van der Waals surface area contributed by atoms with Gasteiger partial charge < -0.3 is 0 Å². The molecule has 1 aromatic rings. The maximum Gasteiger partial charge on any atom is -0.0263 e. The zero-order chi connectivity index (χ0) is 18.7. The highest BCUT2D eigenvalue weighted by Crippen LogP contribution is 1.96. The number of rotatable bonds is 2. The smallest absolute Gasteiger partial charge is 0.0263 e. The first-order valence-electron chi connectivity index (χ1n) is 8.55. The lowest BCUT2D eigenvalue weighted by Crippen LogP contribution is -1.61. The summed E-state index contributed by atoms with van der Waals surface area (Å²) in [5, 5.41) is 0. The number of hydrogen-bond donors (Lipinski definition) is 0. The van der Waals surface area contributed by atoms with Gasteiger partial charge in [-0.3, -0.25) is 0 Å². The van der Waals surface area contributed by atoms with Gasteiger partial charge in [-0.2, -0.15) is 0 Å². The van der Waals surface area contributed by atoms with Crippen LogP contribution in [0.3, 0.4) is 0 Å². The van der Waals surface area contributed by atoms with Crippen molar-refractivity contribution in [1.82, 2.24) is 0 Å². The standard InChI is InChI=1S/C26H26/c1-3-25-21-17-13-9-6-5-7-10-14-18-22-26(4-2)24-20-16-12-8-11-15-19-23-25/h3-24H,1-2H2. The molecule has 0 atom stereocenters. The molecule has 0 saturated heterocycles. The topological polar surface area (TPSA) is 0 Å². The van der Waals surface area contributed by atoms with Gasteiger partial charge >= 0.3 is 0 Å². The molecule has 0 N–H and O–H groups in total. The molecular formula is C26H26. The lowest BCUT2D eigenvalue weighted by Gasteiger charge is -1.82. The normalized spacial score (nSPS) is 8.31. The van der Waals surface area contributed by atoms with Crippen LogP contribution >= 0.6 is 0 Å². The summed E-state index contributed by atoms with van der Waals surface area (Å²) in [4.78, 5) is 0. The van der Waals surface area contributed by atoms with E-state index in [1.165, 1.54) is 0 Å². The molecule has 26 heavy (non-hydrogen) atoms. The molecule has 0 heterocycles. The molecule has 0 amide bonds. The second kappa shape index (κ2) is 15.2. The monoisotopic (exact) mass is 338 g/mol. The van der Waals surface area contributed by atoms with E-state index in [-0.39, 0.29) is 0 Å². The van der Waals surface area contributed by atoms with Gasteiger partial charge in [0.15, 0.2) is 0 Å². The van der Waals surface area contributed by atoms with Crippen molar-refractivity contribution in [2.24, 2.45) is 0 Å². The summed E-state index contributed by atoms with van der Waals surface area (Å²) in [5.41, 5.74) is 2.11. The largest absolute Gasteiger partial charge is 0.0985 e. The molecule has 0 aromatic heterocycles. The van der Waals surface area contributed by atoms with Crippen molar-refractivity contribution in [2.75, 3.05) is 0 Å². The van der Waals surface area contributed by atoms with E-state index in [0.717, 1.165) is 11.1 Å². The maximum atomic E-state index is 3.83. The average Bonchev–Trinajstić information content (AvgIpc) is 2.66. The predicted octanol–water partition coefficient (Wildman–Crippen LogP) is 7.47. The van der Waals surface area contributed by atoms with Gasteiger partial charge in [-0.05, 0) is 11.1 Å². The Morgan fingerprint density at radius 1 is 0.346 bits per heavy atom. The highest BCUT2D eigenvalue weighted by molar-refractivity contribution is 5.45. The molecule has 0 fully saturated rings. The summed E-state index contributed by atoms with van der Waals surface area (Å²) in [6.45, 7) is 7.66. The van der Waals surface area contributed by atoms with E-state index < -0.39 is 0 Å². The zero-order valence-electron chi connectivity index (χ0n) is 15.1. The van der Waals surface area contributed by atoms with Crippen LogP contribution in [0.5, 0.6) is 0 Å². The van der Waals surface area contributed by atoms with Gasteiger partial charge in [-0.25, -0.2) is 0 Å². The Balaban J connectivity index is 3.29. The van der Waals surface area contributed by atoms with Gasteiger partial charge in [0.2, 0.25) is 0 Å². The Morgan fingerprint density at radius 3 is 0.731 bits per heavy atom. The first-order chi connectivity index (χ1) is 12.9. The van der Waals surface area contributed by atoms with Gasteiger partial charge in [0.05, 0.1) is 0 Å². The second-order valence-electron chi connectivity index (χ2n) is 5.15. The van der Waals surface area contributed by atoms with Crippen LogP contribution in [0.15, 0.2) is 134 Å². The first kappa shape index (κ1) is 20.7. The van der Waals surface area contributed by atoms with E-state index in [4.69, 9.17) is 0 Å². The van der Waals surface area contributed by atoms with Crippen molar-refractivity contribution in [3.8, 4) is 0 Å². The van der Waals surface area contributed by atoms with Crippen LogP contribution in [0.2, 0.25) is 0 Å². The third kappa shape index (κ3) is 11.2. The van der Waals surface area contributed by atoms with Gasteiger partial charge in [0, 0.05) is 0 Å². The van der Waals surface area contributed by atoms with E-state index in [1.54, 1.807) is 0 Å². The Bertz CT molecular complexity index is 735. The molecule has 0 saturated carbocycles. The van der Waals surface area contributed by atoms with Crippen LogP contribution in [-0.2, 0) is 0 Å². The molecule has 0 spiro atoms. The summed E-state index contributed by atoms with van der Waals surface area (Å²) < 4.78 is 0. The molecule has 0 nitrogen and oxygen atoms in total. The van der Waals surface area contributed by atoms with E-state index >= 15 is 0 Å². The molecule has 0 radical (unpaired) electrons. The molecule has 1 aromatic carbocycles. The first-order valence-corrected chi connectivity index (χ1v) is 8.55. The van der Waals surface area contributed by atoms with Crippen LogP contribution < -0.4 is 0 Å². The average molecular weight is 338 g/mol. The minimum absolute atomic E-state index is 1.05. The molecular weight excluding hydrogens is 312 g/mol. The number of hydrogen-bond acceptors (Lipinski definition) is 0. The predicted molar refractivity (Wildman–Crippen MR) is 117 cm³/mol. The lowest BCUT2D eigenvalue weighted by atomic mass is 10.2. The van der Waals surface area contributed by atoms with Crippen molar-refractivity contribution in [1.29, 1.82) is 0 Å². The zero-order valence-corrected chi connectivity index (χ0v) is 15.1. The fourth-order valence-electron chi connectivity index (χ4n) is 1.82. The Labute approximate surface area is 158 Å². The third-order valence-electron chi connectivity index (χ3n) is 3.18. The van der Waals surface area contributed by atoms with Gasteiger partial charge in [-0.1, -0.05) is 147 Å². The summed E-state index contributed by atoms with van der Waals surface area (Å²) in [5.74, 6) is 0. The fraction of sp³-hybridized carbons (Fsp3) is 0. The van der Waals surface area contributed by atoms with Gasteiger partial charge in [0.1, 0.15) is 0 Å². The van der Waals surface area contributed by atoms with E-state index in [1.807, 2.05) is 133 Å². The molecule has 1 rings (SSSR count). The molecule has 0 aliphatic heterocycles. The Hall–Kier alpha value is -3.38. The summed E-state index contributed by atoms with van der Waals surface area (Å²) in [6, 6.07) is 39.9. The van der Waals surface area contributed by atoms with Crippen molar-refractivity contribution in [3.05, 3.63) is 146 Å². The Morgan fingerprint density at radius 2 is 0.538 bits per heavy atom. The van der Waals surface area contributed by atoms with Crippen molar-refractivity contribution in [3.63, 3.8) is 0 Å². The SMILES string of the molecule is C=Cc1cccccccccccc(C=C)ccccccccc1. The van der Waals surface area contributed by atoms with Crippen molar-refractivity contribution in [2.45, 2.75) is 0 Å². The van der Waals surface area contributed by atoms with Crippen molar-refractivity contribution < 1.29 is 0 Å². The fourth-order valence-corrected chi connectivity index (χ4v) is 1.82. The van der Waals surface area contributed by atoms with E-state index in [2.05, 4.69) is 13.2 Å². The second-order valence-corrected chi connectivity index (χ2v) is 5.15. The Kier molecular flexibility index (Phi) is 12.1. The van der Waals surface area contributed by atoms with Crippen LogP contribution in [0.25, 0.3) is 12.2 Å². The van der Waals surface area contributed by atoms with Crippen molar-refractivity contribution >= 4 is 12.2 Å². The molecule has 0 heteroatoms. The van der Waals surface area contributed by atoms with Crippen LogP contribution in [0.1, 0.15) is 11.1 Å². The minimum Gasteiger partial charge on any atom is -0.0985 e. The highest BCUT2D eigenvalue weighted by Gasteiger charge is 1.74. The van der Waals surface area contributed by atoms with E-state index in [0.29, 0.717) is 0 Å². The molecule has 0 unspecified atom stereocenters. The summed E-state index contributed by atoms with van der Waals surface area (Å²) in [6.07, 6.45) is 3.66. The molecule has 0 bridgehead atoms. The lowest BCUT2D eigenvalue weighted by molar-refractivity contribution is 1.68. The molecule has 130 valence electrons. The summed E-state index contributed by atoms with van der Waals surface area (Å²) in [7, 11) is 0. The van der Waals surface area contributed by atoms with Gasteiger partial charge in [0.25, 0.3) is 0 Å². The molecule has 0 aliphatic rings. The van der Waals surface area contributed by atoms with E-state index in [9.17, 15) is 0 Å². The summed E-state index contributed by atoms with van der Waals surface area (Å²) >= 11 is 0. The third-order valence-corrected chi connectivity index (χ3v) is 3.18. The van der Waals surface area contributed by atoms with Gasteiger partial charge in [-0.15, -0.1) is 0 Å². The van der Waals surface area contributed by atoms with Crippen LogP contribution in [0.4, 0.5) is 0 Å². The molecule has 0 aliphatic carbocycles. The maximum absolute atomic E-state index is 3.83. The quantitative estimate of drug-likeness (QED) is 0.524. The van der Waals surface area contributed by atoms with Crippen LogP contribution in [0, 0.1) is 0 Å². The minimum atomic E-state index is 1.05. The van der Waals surface area contributed by atoms with Crippen LogP contribution in [-0.4, -0.2) is 0 Å².